The van der Waals surface area contributed by atoms with Crippen LogP contribution in [0.5, 0.6) is 0 Å². The van der Waals surface area contributed by atoms with Crippen LogP contribution in [0.4, 0.5) is 10.6 Å². The van der Waals surface area contributed by atoms with E-state index in [1.54, 1.807) is 6.20 Å². The minimum Gasteiger partial charge on any atom is -0.444 e. The number of carbonyl (C=O) groups is 1. The SMILES string of the molecule is CC(C)(C)CNCc1cn[nH]c1NC(=O)OC(C)(C)C. The van der Waals surface area contributed by atoms with Crippen molar-refractivity contribution in [3.8, 4) is 0 Å². The van der Waals surface area contributed by atoms with Crippen LogP contribution < -0.4 is 10.6 Å². The lowest BCUT2D eigenvalue weighted by Gasteiger charge is -2.20. The van der Waals surface area contributed by atoms with Gasteiger partial charge in [0.15, 0.2) is 0 Å². The third-order valence-corrected chi connectivity index (χ3v) is 2.31. The molecule has 6 nitrogen and oxygen atoms in total. The maximum Gasteiger partial charge on any atom is 0.413 e. The van der Waals surface area contributed by atoms with Crippen LogP contribution in [-0.2, 0) is 11.3 Å². The van der Waals surface area contributed by atoms with Crippen LogP contribution in [0.15, 0.2) is 6.20 Å². The Kier molecular flexibility index (Phi) is 5.16. The highest BCUT2D eigenvalue weighted by atomic mass is 16.6. The fraction of sp³-hybridized carbons (Fsp3) is 0.714. The smallest absolute Gasteiger partial charge is 0.413 e. The Hall–Kier alpha value is -1.56. The number of H-pyrrole nitrogens is 1. The van der Waals surface area contributed by atoms with Gasteiger partial charge < -0.3 is 10.1 Å². The predicted octanol–water partition coefficient (Wildman–Crippen LogP) is 2.89. The molecular weight excluding hydrogens is 256 g/mol. The number of rotatable bonds is 4. The first kappa shape index (κ1) is 16.5. The molecule has 0 bridgehead atoms. The molecule has 3 N–H and O–H groups in total. The van der Waals surface area contributed by atoms with E-state index >= 15 is 0 Å². The summed E-state index contributed by atoms with van der Waals surface area (Å²) in [5, 5.41) is 12.7. The summed E-state index contributed by atoms with van der Waals surface area (Å²) in [4.78, 5) is 11.7. The van der Waals surface area contributed by atoms with Crippen LogP contribution >= 0.6 is 0 Å². The van der Waals surface area contributed by atoms with Crippen LogP contribution in [0.25, 0.3) is 0 Å². The van der Waals surface area contributed by atoms with Crippen LogP contribution in [-0.4, -0.2) is 28.4 Å². The molecule has 1 heterocycles. The zero-order valence-corrected chi connectivity index (χ0v) is 13.3. The standard InChI is InChI=1S/C14H26N4O2/c1-13(2,3)9-15-7-10-8-16-18-11(10)17-12(19)20-14(4,5)6/h8,15H,7,9H2,1-6H3,(H2,16,17,18,19). The number of aromatic amines is 1. The maximum atomic E-state index is 11.7. The van der Waals surface area contributed by atoms with Crippen molar-refractivity contribution in [2.24, 2.45) is 5.41 Å². The predicted molar refractivity (Wildman–Crippen MR) is 79.6 cm³/mol. The Bertz CT molecular complexity index is 441. The molecule has 0 saturated heterocycles. The minimum atomic E-state index is -0.519. The lowest BCUT2D eigenvalue weighted by molar-refractivity contribution is 0.0635. The van der Waals surface area contributed by atoms with Crippen molar-refractivity contribution in [1.29, 1.82) is 0 Å². The van der Waals surface area contributed by atoms with Crippen molar-refractivity contribution in [3.63, 3.8) is 0 Å². The van der Waals surface area contributed by atoms with Gasteiger partial charge in [0.05, 0.1) is 6.20 Å². The number of nitrogens with zero attached hydrogens (tertiary/aromatic N) is 1. The Morgan fingerprint density at radius 2 is 1.95 bits per heavy atom. The Morgan fingerprint density at radius 1 is 1.30 bits per heavy atom. The van der Waals surface area contributed by atoms with Gasteiger partial charge in [-0.05, 0) is 26.2 Å². The molecule has 0 fully saturated rings. The molecule has 0 radical (unpaired) electrons. The highest BCUT2D eigenvalue weighted by molar-refractivity contribution is 5.84. The van der Waals surface area contributed by atoms with E-state index in [0.29, 0.717) is 12.4 Å². The number of ether oxygens (including phenoxy) is 1. The van der Waals surface area contributed by atoms with E-state index < -0.39 is 11.7 Å². The Labute approximate surface area is 120 Å². The van der Waals surface area contributed by atoms with Crippen LogP contribution in [0, 0.1) is 5.41 Å². The fourth-order valence-electron chi connectivity index (χ4n) is 1.53. The average Bonchev–Trinajstić information content (AvgIpc) is 2.60. The third-order valence-electron chi connectivity index (χ3n) is 2.31. The molecule has 0 atom stereocenters. The van der Waals surface area contributed by atoms with Crippen molar-refractivity contribution in [2.45, 2.75) is 53.7 Å². The van der Waals surface area contributed by atoms with Crippen LogP contribution in [0.1, 0.15) is 47.1 Å². The van der Waals surface area contributed by atoms with E-state index in [1.807, 2.05) is 20.8 Å². The van der Waals surface area contributed by atoms with Gasteiger partial charge in [-0.2, -0.15) is 5.10 Å². The maximum absolute atomic E-state index is 11.7. The summed E-state index contributed by atoms with van der Waals surface area (Å²) in [5.74, 6) is 0.570. The molecule has 6 heteroatoms. The normalized spacial score (nSPS) is 12.3. The van der Waals surface area contributed by atoms with E-state index in [4.69, 9.17) is 4.74 Å². The molecule has 0 aromatic carbocycles. The summed E-state index contributed by atoms with van der Waals surface area (Å²) in [7, 11) is 0. The quantitative estimate of drug-likeness (QED) is 0.793. The number of aromatic nitrogens is 2. The summed E-state index contributed by atoms with van der Waals surface area (Å²) in [6.45, 7) is 13.5. The molecule has 0 unspecified atom stereocenters. The van der Waals surface area contributed by atoms with Gasteiger partial charge in [0.2, 0.25) is 0 Å². The molecule has 0 aliphatic heterocycles. The molecule has 1 amide bonds. The second-order valence-electron chi connectivity index (χ2n) is 7.06. The van der Waals surface area contributed by atoms with E-state index in [9.17, 15) is 4.79 Å². The topological polar surface area (TPSA) is 79.0 Å². The number of anilines is 1. The molecule has 0 spiro atoms. The van der Waals surface area contributed by atoms with Gasteiger partial charge in [0, 0.05) is 18.7 Å². The minimum absolute atomic E-state index is 0.211. The summed E-state index contributed by atoms with van der Waals surface area (Å²) >= 11 is 0. The van der Waals surface area contributed by atoms with Crippen molar-refractivity contribution >= 4 is 11.9 Å². The Morgan fingerprint density at radius 3 is 2.50 bits per heavy atom. The third kappa shape index (κ3) is 6.56. The van der Waals surface area contributed by atoms with Gasteiger partial charge in [-0.3, -0.25) is 10.4 Å². The van der Waals surface area contributed by atoms with E-state index in [1.165, 1.54) is 0 Å². The van der Waals surface area contributed by atoms with Crippen molar-refractivity contribution < 1.29 is 9.53 Å². The highest BCUT2D eigenvalue weighted by Gasteiger charge is 2.18. The summed E-state index contributed by atoms with van der Waals surface area (Å²) in [6, 6.07) is 0. The van der Waals surface area contributed by atoms with Gasteiger partial charge in [-0.15, -0.1) is 0 Å². The number of carbonyl (C=O) groups excluding carboxylic acids is 1. The first-order valence-corrected chi connectivity index (χ1v) is 6.80. The first-order valence-electron chi connectivity index (χ1n) is 6.80. The van der Waals surface area contributed by atoms with E-state index in [-0.39, 0.29) is 5.41 Å². The molecular formula is C14H26N4O2. The summed E-state index contributed by atoms with van der Waals surface area (Å²) in [6.07, 6.45) is 1.21. The molecule has 1 rings (SSSR count). The monoisotopic (exact) mass is 282 g/mol. The highest BCUT2D eigenvalue weighted by Crippen LogP contribution is 2.15. The molecule has 114 valence electrons. The van der Waals surface area contributed by atoms with Gasteiger partial charge >= 0.3 is 6.09 Å². The fourth-order valence-corrected chi connectivity index (χ4v) is 1.53. The van der Waals surface area contributed by atoms with Gasteiger partial charge in [0.25, 0.3) is 0 Å². The largest absolute Gasteiger partial charge is 0.444 e. The van der Waals surface area contributed by atoms with E-state index in [2.05, 4.69) is 41.6 Å². The number of amides is 1. The summed E-state index contributed by atoms with van der Waals surface area (Å²) < 4.78 is 5.21. The molecule has 0 aliphatic rings. The van der Waals surface area contributed by atoms with E-state index in [0.717, 1.165) is 12.1 Å². The summed E-state index contributed by atoms with van der Waals surface area (Å²) in [5.41, 5.74) is 0.595. The number of nitrogens with one attached hydrogen (secondary N) is 3. The lowest BCUT2D eigenvalue weighted by Crippen LogP contribution is -2.28. The zero-order valence-electron chi connectivity index (χ0n) is 13.3. The van der Waals surface area contributed by atoms with Crippen molar-refractivity contribution in [1.82, 2.24) is 15.5 Å². The molecule has 0 aliphatic carbocycles. The van der Waals surface area contributed by atoms with Crippen molar-refractivity contribution in [2.75, 3.05) is 11.9 Å². The molecule has 20 heavy (non-hydrogen) atoms. The van der Waals surface area contributed by atoms with Crippen LogP contribution in [0.2, 0.25) is 0 Å². The first-order chi connectivity index (χ1) is 9.07. The molecule has 1 aromatic rings. The average molecular weight is 282 g/mol. The number of hydrogen-bond donors (Lipinski definition) is 3. The molecule has 0 saturated carbocycles. The van der Waals surface area contributed by atoms with Gasteiger partial charge in [0.1, 0.15) is 11.4 Å². The lowest BCUT2D eigenvalue weighted by atomic mass is 9.97. The van der Waals surface area contributed by atoms with Crippen molar-refractivity contribution in [3.05, 3.63) is 11.8 Å². The Balaban J connectivity index is 2.52. The molecule has 1 aromatic heterocycles. The van der Waals surface area contributed by atoms with Crippen LogP contribution in [0.3, 0.4) is 0 Å². The van der Waals surface area contributed by atoms with Gasteiger partial charge in [-0.25, -0.2) is 4.79 Å². The second-order valence-corrected chi connectivity index (χ2v) is 7.06. The zero-order chi connectivity index (χ0) is 15.4. The number of hydrogen-bond acceptors (Lipinski definition) is 4. The second kappa shape index (κ2) is 6.26. The van der Waals surface area contributed by atoms with Gasteiger partial charge in [-0.1, -0.05) is 20.8 Å².